The molecule has 2 saturated heterocycles. The van der Waals surface area contributed by atoms with E-state index in [9.17, 15) is 14.9 Å². The lowest BCUT2D eigenvalue weighted by Crippen LogP contribution is -2.58. The van der Waals surface area contributed by atoms with Crippen molar-refractivity contribution in [3.8, 4) is 0 Å². The van der Waals surface area contributed by atoms with E-state index in [1.54, 1.807) is 32.9 Å². The van der Waals surface area contributed by atoms with Crippen molar-refractivity contribution in [3.05, 3.63) is 39.9 Å². The van der Waals surface area contributed by atoms with Crippen LogP contribution in [0.4, 0.5) is 5.69 Å². The van der Waals surface area contributed by atoms with E-state index in [1.807, 2.05) is 0 Å². The van der Waals surface area contributed by atoms with Gasteiger partial charge in [-0.25, -0.2) is 0 Å². The van der Waals surface area contributed by atoms with Crippen molar-refractivity contribution >= 4 is 11.7 Å². The lowest BCUT2D eigenvalue weighted by atomic mass is 9.69. The molecule has 136 valence electrons. The topological polar surface area (TPSA) is 97.1 Å². The van der Waals surface area contributed by atoms with Crippen LogP contribution in [0.15, 0.2) is 24.3 Å². The van der Waals surface area contributed by atoms with Gasteiger partial charge in [-0.15, -0.1) is 0 Å². The van der Waals surface area contributed by atoms with Crippen molar-refractivity contribution in [2.24, 2.45) is 5.41 Å². The Kier molecular flexibility index (Phi) is 4.30. The summed E-state index contributed by atoms with van der Waals surface area (Å²) in [5, 5.41) is 10.8. The Balaban J connectivity index is 1.95. The number of nitro groups is 1. The van der Waals surface area contributed by atoms with Crippen LogP contribution in [0.3, 0.4) is 0 Å². The van der Waals surface area contributed by atoms with Crippen molar-refractivity contribution in [3.63, 3.8) is 0 Å². The second-order valence-corrected chi connectivity index (χ2v) is 6.75. The van der Waals surface area contributed by atoms with Gasteiger partial charge in [0.15, 0.2) is 0 Å². The molecule has 2 heterocycles. The SMILES string of the molecule is CCOC(=O)[C@@]1(Cc2ccc([N+](=O)[O-])cc2)CC[C@@]2(C)OO[C@]1(C)O2. The molecule has 0 saturated carbocycles. The normalized spacial score (nSPS) is 33.9. The maximum absolute atomic E-state index is 12.9. The van der Waals surface area contributed by atoms with E-state index >= 15 is 0 Å². The van der Waals surface area contributed by atoms with E-state index < -0.39 is 27.9 Å². The van der Waals surface area contributed by atoms with Gasteiger partial charge in [-0.2, -0.15) is 9.78 Å². The Morgan fingerprint density at radius 1 is 1.24 bits per heavy atom. The molecule has 2 bridgehead atoms. The van der Waals surface area contributed by atoms with Gasteiger partial charge in [-0.05, 0) is 39.2 Å². The van der Waals surface area contributed by atoms with Crippen LogP contribution in [-0.2, 0) is 30.5 Å². The summed E-state index contributed by atoms with van der Waals surface area (Å²) >= 11 is 0. The smallest absolute Gasteiger partial charge is 0.318 e. The number of hydrogen-bond donors (Lipinski definition) is 0. The molecule has 3 rings (SSSR count). The fraction of sp³-hybridized carbons (Fsp3) is 0.588. The average molecular weight is 351 g/mol. The number of fused-ring (bicyclic) bond motifs is 2. The standard InChI is InChI=1S/C17H21NO7/c1-4-22-14(19)17(10-9-15(2)23-16(17,3)25-24-15)11-12-5-7-13(8-6-12)18(20)21/h5-8H,4,9-11H2,1-3H3/t15-,16+,17+/m1/s1. The van der Waals surface area contributed by atoms with Crippen LogP contribution in [0.1, 0.15) is 39.2 Å². The monoisotopic (exact) mass is 351 g/mol. The third-order valence-corrected chi connectivity index (χ3v) is 4.98. The molecule has 8 heteroatoms. The van der Waals surface area contributed by atoms with Crippen LogP contribution in [0, 0.1) is 15.5 Å². The molecule has 1 aromatic rings. The highest BCUT2D eigenvalue weighted by atomic mass is 17.3. The maximum atomic E-state index is 12.9. The molecular formula is C17H21NO7. The van der Waals surface area contributed by atoms with Crippen LogP contribution in [0.2, 0.25) is 0 Å². The lowest BCUT2D eigenvalue weighted by Gasteiger charge is -2.45. The molecular weight excluding hydrogens is 330 g/mol. The predicted molar refractivity (Wildman–Crippen MR) is 85.2 cm³/mol. The minimum absolute atomic E-state index is 0.00642. The van der Waals surface area contributed by atoms with Gasteiger partial charge < -0.3 is 9.47 Å². The number of esters is 1. The predicted octanol–water partition coefficient (Wildman–Crippen LogP) is 2.89. The number of rotatable bonds is 5. The summed E-state index contributed by atoms with van der Waals surface area (Å²) < 4.78 is 11.2. The fourth-order valence-electron chi connectivity index (χ4n) is 3.51. The first kappa shape index (κ1) is 17.8. The summed E-state index contributed by atoms with van der Waals surface area (Å²) in [6, 6.07) is 6.09. The van der Waals surface area contributed by atoms with Crippen LogP contribution < -0.4 is 0 Å². The van der Waals surface area contributed by atoms with Crippen molar-refractivity contribution in [2.45, 2.75) is 51.6 Å². The molecule has 0 aromatic heterocycles. The number of nitrogens with zero attached hydrogens (tertiary/aromatic N) is 1. The molecule has 0 unspecified atom stereocenters. The molecule has 2 aliphatic heterocycles. The summed E-state index contributed by atoms with van der Waals surface area (Å²) in [7, 11) is 0. The number of carbonyl (C=O) groups excluding carboxylic acids is 1. The third-order valence-electron chi connectivity index (χ3n) is 4.98. The Labute approximate surface area is 145 Å². The first-order chi connectivity index (χ1) is 11.7. The average Bonchev–Trinajstić information content (AvgIpc) is 2.84. The molecule has 0 aliphatic carbocycles. The number of nitro benzene ring substituents is 1. The van der Waals surface area contributed by atoms with Crippen molar-refractivity contribution < 1.29 is 29.0 Å². The van der Waals surface area contributed by atoms with Gasteiger partial charge in [0.05, 0.1) is 11.5 Å². The van der Waals surface area contributed by atoms with Crippen molar-refractivity contribution in [1.29, 1.82) is 0 Å². The Morgan fingerprint density at radius 2 is 1.92 bits per heavy atom. The first-order valence-corrected chi connectivity index (χ1v) is 8.21. The molecule has 1 aromatic carbocycles. The fourth-order valence-corrected chi connectivity index (χ4v) is 3.51. The van der Waals surface area contributed by atoms with Gasteiger partial charge in [0.1, 0.15) is 5.41 Å². The van der Waals surface area contributed by atoms with Gasteiger partial charge >= 0.3 is 5.97 Å². The zero-order chi connectivity index (χ0) is 18.3. The summed E-state index contributed by atoms with van der Waals surface area (Å²) in [5.41, 5.74) is -0.356. The zero-order valence-electron chi connectivity index (χ0n) is 14.4. The summed E-state index contributed by atoms with van der Waals surface area (Å²) in [4.78, 5) is 34.0. The number of hydrogen-bond acceptors (Lipinski definition) is 7. The first-order valence-electron chi connectivity index (χ1n) is 8.21. The third kappa shape index (κ3) is 2.90. The molecule has 0 N–H and O–H groups in total. The van der Waals surface area contributed by atoms with E-state index in [0.717, 1.165) is 5.56 Å². The second-order valence-electron chi connectivity index (χ2n) is 6.75. The van der Waals surface area contributed by atoms with Gasteiger partial charge in [0, 0.05) is 18.6 Å². The van der Waals surface area contributed by atoms with E-state index in [4.69, 9.17) is 19.2 Å². The highest BCUT2D eigenvalue weighted by Crippen LogP contribution is 2.56. The van der Waals surface area contributed by atoms with Gasteiger partial charge in [-0.1, -0.05) is 12.1 Å². The molecule has 0 spiro atoms. The lowest BCUT2D eigenvalue weighted by molar-refractivity contribution is -0.384. The molecule has 2 fully saturated rings. The Bertz CT molecular complexity index is 691. The quantitative estimate of drug-likeness (QED) is 0.348. The molecule has 3 atom stereocenters. The van der Waals surface area contributed by atoms with Crippen molar-refractivity contribution in [1.82, 2.24) is 0 Å². The highest BCUT2D eigenvalue weighted by Gasteiger charge is 2.68. The largest absolute Gasteiger partial charge is 0.465 e. The number of non-ortho nitro benzene ring substituents is 1. The Hall–Kier alpha value is -2.03. The minimum atomic E-state index is -1.30. The Morgan fingerprint density at radius 3 is 2.52 bits per heavy atom. The summed E-state index contributed by atoms with van der Waals surface area (Å²) in [6.45, 7) is 5.40. The molecule has 25 heavy (non-hydrogen) atoms. The molecule has 0 radical (unpaired) electrons. The number of benzene rings is 1. The highest BCUT2D eigenvalue weighted by molar-refractivity contribution is 5.79. The van der Waals surface area contributed by atoms with Gasteiger partial charge in [0.25, 0.3) is 5.69 Å². The van der Waals surface area contributed by atoms with Crippen LogP contribution in [0.25, 0.3) is 0 Å². The van der Waals surface area contributed by atoms with Crippen LogP contribution in [0.5, 0.6) is 0 Å². The summed E-state index contributed by atoms with van der Waals surface area (Å²) in [6.07, 6.45) is 1.18. The minimum Gasteiger partial charge on any atom is -0.465 e. The van der Waals surface area contributed by atoms with E-state index in [2.05, 4.69) is 0 Å². The van der Waals surface area contributed by atoms with E-state index in [0.29, 0.717) is 12.8 Å². The second kappa shape index (κ2) is 6.05. The van der Waals surface area contributed by atoms with E-state index in [1.165, 1.54) is 12.1 Å². The molecule has 0 amide bonds. The van der Waals surface area contributed by atoms with Gasteiger partial charge in [-0.3, -0.25) is 14.9 Å². The number of ether oxygens (including phenoxy) is 2. The zero-order valence-corrected chi connectivity index (χ0v) is 14.4. The van der Waals surface area contributed by atoms with Crippen molar-refractivity contribution in [2.75, 3.05) is 6.61 Å². The summed E-state index contributed by atoms with van der Waals surface area (Å²) in [5.74, 6) is -2.61. The maximum Gasteiger partial charge on any atom is 0.318 e. The molecule has 8 nitrogen and oxygen atoms in total. The van der Waals surface area contributed by atoms with Gasteiger partial charge in [0.2, 0.25) is 11.6 Å². The molecule has 2 aliphatic rings. The van der Waals surface area contributed by atoms with Crippen LogP contribution in [-0.4, -0.2) is 29.1 Å². The number of carbonyl (C=O) groups is 1. The van der Waals surface area contributed by atoms with Crippen LogP contribution >= 0.6 is 0 Å². The van der Waals surface area contributed by atoms with E-state index in [-0.39, 0.29) is 18.7 Å².